The van der Waals surface area contributed by atoms with E-state index in [0.29, 0.717) is 0 Å². The van der Waals surface area contributed by atoms with Crippen molar-refractivity contribution in [3.05, 3.63) is 0 Å². The summed E-state index contributed by atoms with van der Waals surface area (Å²) in [6, 6.07) is 0. The smallest absolute Gasteiger partial charge is 0.0701 e. The van der Waals surface area contributed by atoms with Crippen molar-refractivity contribution in [2.75, 3.05) is 26.4 Å². The van der Waals surface area contributed by atoms with Gasteiger partial charge in [0, 0.05) is 18.0 Å². The van der Waals surface area contributed by atoms with Crippen molar-refractivity contribution in [1.29, 1.82) is 0 Å². The van der Waals surface area contributed by atoms with Gasteiger partial charge in [-0.05, 0) is 0 Å². The van der Waals surface area contributed by atoms with Crippen molar-refractivity contribution in [3.63, 3.8) is 0 Å². The molecule has 2 nitrogen and oxygen atoms in total. The minimum absolute atomic E-state index is 0. The minimum atomic E-state index is 0. The molecule has 7 heavy (non-hydrogen) atoms. The average molecular weight is 163 g/mol. The van der Waals surface area contributed by atoms with Gasteiger partial charge in [-0.25, -0.2) is 0 Å². The molecule has 1 rings (SSSR count). The van der Waals surface area contributed by atoms with Crippen LogP contribution >= 0.6 is 0 Å². The molecule has 0 aliphatic carbocycles. The largest absolute Gasteiger partial charge is 0.377 e. The molecule has 0 bridgehead atoms. The monoisotopic (exact) mass is 163 g/mol. The van der Waals surface area contributed by atoms with E-state index in [4.69, 9.17) is 9.47 Å². The third-order valence-corrected chi connectivity index (χ3v) is 0.744. The minimum Gasteiger partial charge on any atom is -0.377 e. The maximum atomic E-state index is 4.94. The summed E-state index contributed by atoms with van der Waals surface area (Å²) in [6.07, 6.45) is 0. The van der Waals surface area contributed by atoms with Gasteiger partial charge in [0.05, 0.1) is 26.4 Å². The van der Waals surface area contributed by atoms with Gasteiger partial charge >= 0.3 is 0 Å². The summed E-state index contributed by atoms with van der Waals surface area (Å²) >= 11 is 0. The predicted molar refractivity (Wildman–Crippen MR) is 27.4 cm³/mol. The van der Waals surface area contributed by atoms with Crippen LogP contribution in [-0.2, 0) is 9.47 Å². The van der Waals surface area contributed by atoms with Crippen LogP contribution in [-0.4, -0.2) is 44.4 Å². The van der Waals surface area contributed by atoms with E-state index in [1.807, 2.05) is 0 Å². The second-order valence-electron chi connectivity index (χ2n) is 1.22. The molecule has 0 spiro atoms. The Kier molecular flexibility index (Phi) is 4.95. The van der Waals surface area contributed by atoms with Crippen LogP contribution in [0.4, 0.5) is 0 Å². The van der Waals surface area contributed by atoms with Gasteiger partial charge in [-0.3, -0.25) is 0 Å². The second-order valence-corrected chi connectivity index (χ2v) is 1.22. The summed E-state index contributed by atoms with van der Waals surface area (Å²) in [5.41, 5.74) is 0. The van der Waals surface area contributed by atoms with E-state index < -0.39 is 0 Å². The number of rotatable bonds is 0. The van der Waals surface area contributed by atoms with Gasteiger partial charge < -0.3 is 9.47 Å². The Morgan fingerprint density at radius 3 is 1.14 bits per heavy atom. The SMILES string of the molecule is C1COCCO1.[As]. The van der Waals surface area contributed by atoms with Gasteiger partial charge in [-0.1, -0.05) is 0 Å². The number of hydrogen-bond donors (Lipinski definition) is 0. The van der Waals surface area contributed by atoms with Crippen LogP contribution in [0.15, 0.2) is 0 Å². The molecule has 0 N–H and O–H groups in total. The van der Waals surface area contributed by atoms with Crippen LogP contribution in [0.5, 0.6) is 0 Å². The van der Waals surface area contributed by atoms with E-state index >= 15 is 0 Å². The summed E-state index contributed by atoms with van der Waals surface area (Å²) in [5, 5.41) is 0. The molecule has 0 atom stereocenters. The topological polar surface area (TPSA) is 18.5 Å². The molecule has 0 saturated carbocycles. The van der Waals surface area contributed by atoms with Crippen LogP contribution in [0.1, 0.15) is 0 Å². The van der Waals surface area contributed by atoms with Gasteiger partial charge in [0.15, 0.2) is 0 Å². The molecule has 0 amide bonds. The molecule has 3 radical (unpaired) electrons. The molecule has 1 saturated heterocycles. The zero-order valence-electron chi connectivity index (χ0n) is 4.09. The molecule has 3 heteroatoms. The molecule has 1 fully saturated rings. The Bertz CT molecular complexity index is 25.2. The first-order valence-corrected chi connectivity index (χ1v) is 2.15. The number of ether oxygens (including phenoxy) is 2. The van der Waals surface area contributed by atoms with E-state index in [-0.39, 0.29) is 18.0 Å². The molecule has 0 aromatic carbocycles. The zero-order chi connectivity index (χ0) is 4.24. The van der Waals surface area contributed by atoms with E-state index in [1.165, 1.54) is 0 Å². The Labute approximate surface area is 54.5 Å². The molecule has 0 aromatic heterocycles. The summed E-state index contributed by atoms with van der Waals surface area (Å²) in [7, 11) is 0. The quantitative estimate of drug-likeness (QED) is 0.454. The zero-order valence-corrected chi connectivity index (χ0v) is 5.97. The summed E-state index contributed by atoms with van der Waals surface area (Å²) < 4.78 is 9.89. The summed E-state index contributed by atoms with van der Waals surface area (Å²) in [5.74, 6) is 0. The summed E-state index contributed by atoms with van der Waals surface area (Å²) in [4.78, 5) is 0. The van der Waals surface area contributed by atoms with Crippen molar-refractivity contribution in [1.82, 2.24) is 0 Å². The molecule has 1 aliphatic rings. The maximum absolute atomic E-state index is 4.94. The molecule has 1 aliphatic heterocycles. The Balaban J connectivity index is 0.000000360. The van der Waals surface area contributed by atoms with Gasteiger partial charge in [-0.2, -0.15) is 0 Å². The van der Waals surface area contributed by atoms with Gasteiger partial charge in [-0.15, -0.1) is 0 Å². The third kappa shape index (κ3) is 3.10. The first-order chi connectivity index (χ1) is 3.00. The molecule has 0 unspecified atom stereocenters. The van der Waals surface area contributed by atoms with Crippen LogP contribution in [0.25, 0.3) is 0 Å². The summed E-state index contributed by atoms with van der Waals surface area (Å²) in [6.45, 7) is 3.11. The Morgan fingerprint density at radius 2 is 1.00 bits per heavy atom. The average Bonchev–Trinajstić information content (AvgIpc) is 1.72. The van der Waals surface area contributed by atoms with Gasteiger partial charge in [0.25, 0.3) is 0 Å². The van der Waals surface area contributed by atoms with Gasteiger partial charge in [0.1, 0.15) is 0 Å². The van der Waals surface area contributed by atoms with Crippen LogP contribution in [0.2, 0.25) is 0 Å². The van der Waals surface area contributed by atoms with Crippen LogP contribution in [0.3, 0.4) is 0 Å². The van der Waals surface area contributed by atoms with Crippen molar-refractivity contribution in [2.45, 2.75) is 0 Å². The maximum Gasteiger partial charge on any atom is 0.0701 e. The van der Waals surface area contributed by atoms with E-state index in [0.717, 1.165) is 26.4 Å². The predicted octanol–water partition coefficient (Wildman–Crippen LogP) is -0.348. The van der Waals surface area contributed by atoms with Crippen molar-refractivity contribution < 1.29 is 9.47 Å². The van der Waals surface area contributed by atoms with Crippen molar-refractivity contribution in [3.8, 4) is 0 Å². The van der Waals surface area contributed by atoms with Gasteiger partial charge in [0.2, 0.25) is 0 Å². The molecular formula is C4H8AsO2. The van der Waals surface area contributed by atoms with E-state index in [1.54, 1.807) is 0 Å². The number of hydrogen-bond acceptors (Lipinski definition) is 2. The van der Waals surface area contributed by atoms with Crippen LogP contribution < -0.4 is 0 Å². The van der Waals surface area contributed by atoms with Crippen molar-refractivity contribution in [2.24, 2.45) is 0 Å². The van der Waals surface area contributed by atoms with Crippen LogP contribution in [0, 0.1) is 0 Å². The van der Waals surface area contributed by atoms with Crippen molar-refractivity contribution >= 4 is 18.0 Å². The normalized spacial score (nSPS) is 20.6. The molecule has 41 valence electrons. The standard InChI is InChI=1S/C4H8O2.As/c1-2-6-4-3-5-1;/h1-4H2;. The molecule has 1 heterocycles. The van der Waals surface area contributed by atoms with E-state index in [9.17, 15) is 0 Å². The first kappa shape index (κ1) is 7.48. The Morgan fingerprint density at radius 1 is 0.714 bits per heavy atom. The first-order valence-electron chi connectivity index (χ1n) is 2.15. The fraction of sp³-hybridized carbons (Fsp3) is 1.00. The fourth-order valence-electron chi connectivity index (χ4n) is 0.440. The molecular weight excluding hydrogens is 155 g/mol. The molecule has 0 aromatic rings. The van der Waals surface area contributed by atoms with E-state index in [2.05, 4.69) is 0 Å². The fourth-order valence-corrected chi connectivity index (χ4v) is 0.440. The second kappa shape index (κ2) is 4.63. The Hall–Kier alpha value is 0.478. The third-order valence-electron chi connectivity index (χ3n) is 0.744.